The molecule has 0 aromatic heterocycles. The summed E-state index contributed by atoms with van der Waals surface area (Å²) < 4.78 is 5.87. The first-order chi connectivity index (χ1) is 8.07. The minimum absolute atomic E-state index is 0.159. The first kappa shape index (κ1) is 13.7. The number of hydrogen-bond donors (Lipinski definition) is 1. The average Bonchev–Trinajstić information content (AvgIpc) is 2.79. The summed E-state index contributed by atoms with van der Waals surface area (Å²) in [5, 5.41) is 0. The van der Waals surface area contributed by atoms with Gasteiger partial charge in [-0.2, -0.15) is 11.8 Å². The highest BCUT2D eigenvalue weighted by Crippen LogP contribution is 2.36. The van der Waals surface area contributed by atoms with Crippen LogP contribution in [0.5, 0.6) is 0 Å². The maximum absolute atomic E-state index is 6.13. The van der Waals surface area contributed by atoms with Crippen molar-refractivity contribution in [3.63, 3.8) is 0 Å². The van der Waals surface area contributed by atoms with Gasteiger partial charge in [-0.15, -0.1) is 0 Å². The molecule has 0 aromatic carbocycles. The monoisotopic (exact) mass is 258 g/mol. The standard InChI is InChI=1S/C13H26N2OS/c1-10-6-13(9-14,7-11(2)16-10)15(3)12-4-5-17-8-12/h10-12H,4-9,14H2,1-3H3. The number of hydrogen-bond acceptors (Lipinski definition) is 4. The smallest absolute Gasteiger partial charge is 0.0568 e. The number of likely N-dealkylation sites (N-methyl/N-ethyl adjacent to an activating group) is 1. The van der Waals surface area contributed by atoms with Crippen molar-refractivity contribution in [2.45, 2.75) is 56.9 Å². The van der Waals surface area contributed by atoms with Crippen molar-refractivity contribution in [2.75, 3.05) is 25.1 Å². The van der Waals surface area contributed by atoms with E-state index in [-0.39, 0.29) is 5.54 Å². The van der Waals surface area contributed by atoms with E-state index in [2.05, 4.69) is 37.6 Å². The van der Waals surface area contributed by atoms with Crippen LogP contribution in [0.4, 0.5) is 0 Å². The van der Waals surface area contributed by atoms with E-state index >= 15 is 0 Å². The minimum atomic E-state index is 0.159. The second kappa shape index (κ2) is 5.47. The summed E-state index contributed by atoms with van der Waals surface area (Å²) in [6.45, 7) is 5.11. The topological polar surface area (TPSA) is 38.5 Å². The Morgan fingerprint density at radius 2 is 2.00 bits per heavy atom. The molecule has 2 heterocycles. The number of nitrogens with two attached hydrogens (primary N) is 1. The Labute approximate surface area is 109 Å². The maximum Gasteiger partial charge on any atom is 0.0568 e. The molecule has 2 aliphatic heterocycles. The minimum Gasteiger partial charge on any atom is -0.375 e. The molecule has 0 bridgehead atoms. The van der Waals surface area contributed by atoms with Crippen molar-refractivity contribution in [1.82, 2.24) is 4.90 Å². The highest BCUT2D eigenvalue weighted by atomic mass is 32.2. The summed E-state index contributed by atoms with van der Waals surface area (Å²) in [5.41, 5.74) is 6.29. The number of nitrogens with zero attached hydrogens (tertiary/aromatic N) is 1. The molecule has 2 N–H and O–H groups in total. The first-order valence-electron chi connectivity index (χ1n) is 6.73. The molecule has 2 rings (SSSR count). The van der Waals surface area contributed by atoms with Crippen LogP contribution in [0.25, 0.3) is 0 Å². The molecule has 2 aliphatic rings. The van der Waals surface area contributed by atoms with Gasteiger partial charge >= 0.3 is 0 Å². The third-order valence-corrected chi connectivity index (χ3v) is 5.53. The summed E-state index contributed by atoms with van der Waals surface area (Å²) >= 11 is 2.07. The number of thioether (sulfide) groups is 1. The molecule has 100 valence electrons. The fourth-order valence-electron chi connectivity index (χ4n) is 3.46. The lowest BCUT2D eigenvalue weighted by Crippen LogP contribution is -2.61. The van der Waals surface area contributed by atoms with Gasteiger partial charge in [0, 0.05) is 23.9 Å². The molecule has 17 heavy (non-hydrogen) atoms. The van der Waals surface area contributed by atoms with Gasteiger partial charge in [-0.1, -0.05) is 0 Å². The molecule has 0 spiro atoms. The number of rotatable bonds is 3. The predicted octanol–water partition coefficient (Wildman–Crippen LogP) is 1.71. The largest absolute Gasteiger partial charge is 0.375 e. The predicted molar refractivity (Wildman–Crippen MR) is 74.5 cm³/mol. The zero-order valence-electron chi connectivity index (χ0n) is 11.3. The third-order valence-electron chi connectivity index (χ3n) is 4.38. The Kier molecular flexibility index (Phi) is 4.40. The SMILES string of the molecule is CC1CC(CN)(N(C)C2CCSC2)CC(C)O1. The van der Waals surface area contributed by atoms with Gasteiger partial charge in [-0.3, -0.25) is 4.90 Å². The fourth-order valence-corrected chi connectivity index (χ4v) is 4.73. The zero-order chi connectivity index (χ0) is 12.5. The van der Waals surface area contributed by atoms with Crippen LogP contribution < -0.4 is 5.73 Å². The van der Waals surface area contributed by atoms with E-state index in [1.807, 2.05) is 0 Å². The van der Waals surface area contributed by atoms with Crippen LogP contribution in [0.1, 0.15) is 33.1 Å². The normalized spacial score (nSPS) is 43.2. The molecular weight excluding hydrogens is 232 g/mol. The highest BCUT2D eigenvalue weighted by Gasteiger charge is 2.43. The Morgan fingerprint density at radius 3 is 2.47 bits per heavy atom. The van der Waals surface area contributed by atoms with Gasteiger partial charge in [0.2, 0.25) is 0 Å². The third kappa shape index (κ3) is 2.80. The molecule has 4 heteroatoms. The Hall–Kier alpha value is 0.230. The first-order valence-corrected chi connectivity index (χ1v) is 7.89. The van der Waals surface area contributed by atoms with Crippen LogP contribution in [0.3, 0.4) is 0 Å². The Morgan fingerprint density at radius 1 is 1.35 bits per heavy atom. The molecule has 0 aliphatic carbocycles. The summed E-state index contributed by atoms with van der Waals surface area (Å²) in [7, 11) is 2.27. The van der Waals surface area contributed by atoms with E-state index in [0.717, 1.165) is 19.4 Å². The van der Waals surface area contributed by atoms with Gasteiger partial charge in [-0.05, 0) is 45.9 Å². The second-order valence-corrected chi connectivity index (χ2v) is 6.87. The Balaban J connectivity index is 2.11. The van der Waals surface area contributed by atoms with E-state index in [4.69, 9.17) is 10.5 Å². The van der Waals surface area contributed by atoms with E-state index in [0.29, 0.717) is 18.2 Å². The Bertz CT molecular complexity index is 246. The lowest BCUT2D eigenvalue weighted by Gasteiger charge is -2.50. The lowest BCUT2D eigenvalue weighted by atomic mass is 9.81. The average molecular weight is 258 g/mol. The number of ether oxygens (including phenoxy) is 1. The summed E-state index contributed by atoms with van der Waals surface area (Å²) in [6, 6.07) is 0.709. The summed E-state index contributed by atoms with van der Waals surface area (Å²) in [4.78, 5) is 2.57. The van der Waals surface area contributed by atoms with Crippen molar-refractivity contribution in [1.29, 1.82) is 0 Å². The summed E-state index contributed by atoms with van der Waals surface area (Å²) in [6.07, 6.45) is 4.13. The van der Waals surface area contributed by atoms with E-state index < -0.39 is 0 Å². The van der Waals surface area contributed by atoms with Gasteiger partial charge in [0.1, 0.15) is 0 Å². The molecule has 3 atom stereocenters. The van der Waals surface area contributed by atoms with Crippen LogP contribution >= 0.6 is 11.8 Å². The van der Waals surface area contributed by atoms with Crippen molar-refractivity contribution in [3.05, 3.63) is 0 Å². The molecule has 0 amide bonds. The van der Waals surface area contributed by atoms with E-state index in [1.165, 1.54) is 17.9 Å². The van der Waals surface area contributed by atoms with Crippen LogP contribution in [0, 0.1) is 0 Å². The zero-order valence-corrected chi connectivity index (χ0v) is 12.1. The molecule has 3 unspecified atom stereocenters. The van der Waals surface area contributed by atoms with Crippen molar-refractivity contribution in [3.8, 4) is 0 Å². The second-order valence-electron chi connectivity index (χ2n) is 5.72. The summed E-state index contributed by atoms with van der Waals surface area (Å²) in [5.74, 6) is 2.57. The molecule has 2 saturated heterocycles. The van der Waals surface area contributed by atoms with Gasteiger partial charge < -0.3 is 10.5 Å². The van der Waals surface area contributed by atoms with Gasteiger partial charge in [0.05, 0.1) is 12.2 Å². The highest BCUT2D eigenvalue weighted by molar-refractivity contribution is 7.99. The van der Waals surface area contributed by atoms with E-state index in [9.17, 15) is 0 Å². The van der Waals surface area contributed by atoms with Crippen molar-refractivity contribution in [2.24, 2.45) is 5.73 Å². The fraction of sp³-hybridized carbons (Fsp3) is 1.00. The van der Waals surface area contributed by atoms with Crippen LogP contribution in [0.2, 0.25) is 0 Å². The van der Waals surface area contributed by atoms with Gasteiger partial charge in [0.15, 0.2) is 0 Å². The maximum atomic E-state index is 6.13. The van der Waals surface area contributed by atoms with Crippen molar-refractivity contribution < 1.29 is 4.74 Å². The van der Waals surface area contributed by atoms with Crippen LogP contribution in [-0.2, 0) is 4.74 Å². The van der Waals surface area contributed by atoms with Gasteiger partial charge in [0.25, 0.3) is 0 Å². The molecule has 0 aromatic rings. The van der Waals surface area contributed by atoms with E-state index in [1.54, 1.807) is 0 Å². The van der Waals surface area contributed by atoms with Crippen LogP contribution in [0.15, 0.2) is 0 Å². The van der Waals surface area contributed by atoms with Gasteiger partial charge in [-0.25, -0.2) is 0 Å². The lowest BCUT2D eigenvalue weighted by molar-refractivity contribution is -0.104. The molecular formula is C13H26N2OS. The molecule has 3 nitrogen and oxygen atoms in total. The molecule has 0 saturated carbocycles. The van der Waals surface area contributed by atoms with Crippen LogP contribution in [-0.4, -0.2) is 53.8 Å². The quantitative estimate of drug-likeness (QED) is 0.836. The molecule has 0 radical (unpaired) electrons. The molecule has 2 fully saturated rings. The van der Waals surface area contributed by atoms with Crippen molar-refractivity contribution >= 4 is 11.8 Å².